The fraction of sp³-hybridized carbons (Fsp3) is 0.500. The van der Waals surface area contributed by atoms with Gasteiger partial charge in [0, 0.05) is 18.3 Å². The van der Waals surface area contributed by atoms with E-state index >= 15 is 0 Å². The third kappa shape index (κ3) is 1.33. The van der Waals surface area contributed by atoms with Crippen LogP contribution >= 0.6 is 0 Å². The Kier molecular flexibility index (Phi) is 2.15. The molecule has 0 heterocycles. The van der Waals surface area contributed by atoms with Crippen LogP contribution in [0.4, 0.5) is 0 Å². The molecule has 3 rings (SSSR count). The zero-order valence-corrected chi connectivity index (χ0v) is 9.28. The summed E-state index contributed by atoms with van der Waals surface area (Å²) in [5.41, 5.74) is 2.30. The zero-order valence-electron chi connectivity index (χ0n) is 9.28. The minimum absolute atomic E-state index is 0.0441. The molecule has 2 heteroatoms. The molecule has 1 aromatic carbocycles. The monoisotopic (exact) mass is 216 g/mol. The number of aliphatic hydroxyl groups excluding tert-OH is 1. The number of ketones is 1. The van der Waals surface area contributed by atoms with Gasteiger partial charge in [-0.25, -0.2) is 0 Å². The molecular formula is C14H16O2. The number of aliphatic hydroxyl groups is 1. The van der Waals surface area contributed by atoms with Crippen LogP contribution in [0.15, 0.2) is 24.3 Å². The van der Waals surface area contributed by atoms with Crippen molar-refractivity contribution in [2.45, 2.75) is 38.2 Å². The van der Waals surface area contributed by atoms with Gasteiger partial charge in [0.15, 0.2) is 0 Å². The van der Waals surface area contributed by atoms with Gasteiger partial charge in [-0.1, -0.05) is 24.3 Å². The summed E-state index contributed by atoms with van der Waals surface area (Å²) in [7, 11) is 0. The predicted molar refractivity (Wildman–Crippen MR) is 61.0 cm³/mol. The van der Waals surface area contributed by atoms with Gasteiger partial charge in [-0.3, -0.25) is 4.79 Å². The summed E-state index contributed by atoms with van der Waals surface area (Å²) in [5, 5.41) is 10.4. The SMILES string of the molecule is O=C1CCC2(CC1)Cc1ccccc1[C@@H]2O. The minimum atomic E-state index is -0.364. The average Bonchev–Trinajstić information content (AvgIpc) is 2.58. The van der Waals surface area contributed by atoms with E-state index in [0.29, 0.717) is 18.6 Å². The Morgan fingerprint density at radius 2 is 1.88 bits per heavy atom. The fourth-order valence-corrected chi connectivity index (χ4v) is 3.24. The zero-order chi connectivity index (χ0) is 11.2. The average molecular weight is 216 g/mol. The lowest BCUT2D eigenvalue weighted by atomic mass is 9.70. The van der Waals surface area contributed by atoms with E-state index in [1.807, 2.05) is 18.2 Å². The number of carbonyl (C=O) groups excluding carboxylic acids is 1. The maximum absolute atomic E-state index is 11.3. The fourth-order valence-electron chi connectivity index (χ4n) is 3.24. The van der Waals surface area contributed by atoms with Crippen molar-refractivity contribution in [2.24, 2.45) is 5.41 Å². The van der Waals surface area contributed by atoms with Gasteiger partial charge in [0.1, 0.15) is 5.78 Å². The molecule has 1 saturated carbocycles. The van der Waals surface area contributed by atoms with E-state index in [-0.39, 0.29) is 11.5 Å². The maximum Gasteiger partial charge on any atom is 0.132 e. The summed E-state index contributed by atoms with van der Waals surface area (Å²) >= 11 is 0. The lowest BCUT2D eigenvalue weighted by molar-refractivity contribution is -0.124. The minimum Gasteiger partial charge on any atom is -0.388 e. The highest BCUT2D eigenvalue weighted by molar-refractivity contribution is 5.79. The van der Waals surface area contributed by atoms with Crippen LogP contribution in [-0.4, -0.2) is 10.9 Å². The van der Waals surface area contributed by atoms with Crippen LogP contribution in [0.5, 0.6) is 0 Å². The van der Waals surface area contributed by atoms with Crippen molar-refractivity contribution >= 4 is 5.78 Å². The van der Waals surface area contributed by atoms with E-state index in [4.69, 9.17) is 0 Å². The lowest BCUT2D eigenvalue weighted by Gasteiger charge is -2.36. The Morgan fingerprint density at radius 1 is 1.19 bits per heavy atom. The van der Waals surface area contributed by atoms with Crippen molar-refractivity contribution in [3.05, 3.63) is 35.4 Å². The second-order valence-corrected chi connectivity index (χ2v) is 5.18. The maximum atomic E-state index is 11.3. The first kappa shape index (κ1) is 10.0. The van der Waals surface area contributed by atoms with E-state index < -0.39 is 0 Å². The third-order valence-corrected chi connectivity index (χ3v) is 4.28. The normalized spacial score (nSPS) is 27.1. The number of hydrogen-bond acceptors (Lipinski definition) is 2. The summed E-state index contributed by atoms with van der Waals surface area (Å²) in [6.07, 6.45) is 3.56. The molecule has 0 radical (unpaired) electrons. The van der Waals surface area contributed by atoms with Crippen molar-refractivity contribution in [1.29, 1.82) is 0 Å². The molecule has 1 spiro atoms. The van der Waals surface area contributed by atoms with E-state index in [9.17, 15) is 9.90 Å². The van der Waals surface area contributed by atoms with Crippen molar-refractivity contribution in [3.8, 4) is 0 Å². The molecule has 2 aliphatic carbocycles. The molecule has 0 unspecified atom stereocenters. The van der Waals surface area contributed by atoms with Gasteiger partial charge in [-0.15, -0.1) is 0 Å². The van der Waals surface area contributed by atoms with E-state index in [1.165, 1.54) is 5.56 Å². The van der Waals surface area contributed by atoms with E-state index in [1.54, 1.807) is 0 Å². The van der Waals surface area contributed by atoms with Crippen LogP contribution in [0.2, 0.25) is 0 Å². The highest BCUT2D eigenvalue weighted by atomic mass is 16.3. The van der Waals surface area contributed by atoms with Crippen LogP contribution in [-0.2, 0) is 11.2 Å². The first-order valence-corrected chi connectivity index (χ1v) is 5.99. The molecule has 1 N–H and O–H groups in total. The Balaban J connectivity index is 1.94. The molecule has 1 atom stereocenters. The van der Waals surface area contributed by atoms with Gasteiger partial charge < -0.3 is 5.11 Å². The number of hydrogen-bond donors (Lipinski definition) is 1. The number of fused-ring (bicyclic) bond motifs is 1. The van der Waals surface area contributed by atoms with Crippen molar-refractivity contribution in [2.75, 3.05) is 0 Å². The van der Waals surface area contributed by atoms with E-state index in [2.05, 4.69) is 6.07 Å². The second-order valence-electron chi connectivity index (χ2n) is 5.18. The molecule has 0 bridgehead atoms. The third-order valence-electron chi connectivity index (χ3n) is 4.28. The molecule has 0 aromatic heterocycles. The van der Waals surface area contributed by atoms with Crippen LogP contribution in [0.1, 0.15) is 42.9 Å². The Bertz CT molecular complexity index is 426. The van der Waals surface area contributed by atoms with Gasteiger partial charge in [0.2, 0.25) is 0 Å². The number of Topliss-reactive ketones (excluding diaryl/α,β-unsaturated/α-hetero) is 1. The van der Waals surface area contributed by atoms with Gasteiger partial charge in [-0.2, -0.15) is 0 Å². The van der Waals surface area contributed by atoms with Crippen molar-refractivity contribution in [1.82, 2.24) is 0 Å². The summed E-state index contributed by atoms with van der Waals surface area (Å²) in [4.78, 5) is 11.3. The molecule has 2 aliphatic rings. The van der Waals surface area contributed by atoms with E-state index in [0.717, 1.165) is 24.8 Å². The summed E-state index contributed by atoms with van der Waals surface area (Å²) in [6, 6.07) is 8.13. The smallest absolute Gasteiger partial charge is 0.132 e. The first-order chi connectivity index (χ1) is 7.71. The van der Waals surface area contributed by atoms with Crippen molar-refractivity contribution < 1.29 is 9.90 Å². The van der Waals surface area contributed by atoms with Gasteiger partial charge in [0.25, 0.3) is 0 Å². The van der Waals surface area contributed by atoms with Crippen LogP contribution in [0, 0.1) is 5.41 Å². The molecule has 1 fully saturated rings. The highest BCUT2D eigenvalue weighted by Crippen LogP contribution is 2.53. The van der Waals surface area contributed by atoms with Gasteiger partial charge >= 0.3 is 0 Å². The molecule has 0 saturated heterocycles. The molecule has 1 aromatic rings. The Morgan fingerprint density at radius 3 is 2.56 bits per heavy atom. The van der Waals surface area contributed by atoms with Crippen LogP contribution in [0.3, 0.4) is 0 Å². The van der Waals surface area contributed by atoms with Crippen LogP contribution < -0.4 is 0 Å². The molecular weight excluding hydrogens is 200 g/mol. The van der Waals surface area contributed by atoms with Gasteiger partial charge in [0.05, 0.1) is 6.10 Å². The molecule has 2 nitrogen and oxygen atoms in total. The number of rotatable bonds is 0. The largest absolute Gasteiger partial charge is 0.388 e. The summed E-state index contributed by atoms with van der Waals surface area (Å²) in [6.45, 7) is 0. The number of benzene rings is 1. The summed E-state index contributed by atoms with van der Waals surface area (Å²) in [5.74, 6) is 0.355. The lowest BCUT2D eigenvalue weighted by Crippen LogP contribution is -2.31. The number of carbonyl (C=O) groups is 1. The molecule has 0 aliphatic heterocycles. The molecule has 0 amide bonds. The first-order valence-electron chi connectivity index (χ1n) is 5.99. The molecule has 84 valence electrons. The Hall–Kier alpha value is -1.15. The standard InChI is InChI=1S/C14H16O2/c15-11-5-7-14(8-6-11)9-10-3-1-2-4-12(10)13(14)16/h1-4,13,16H,5-9H2/t13-/m0/s1. The summed E-state index contributed by atoms with van der Waals surface area (Å²) < 4.78 is 0. The van der Waals surface area contributed by atoms with Crippen molar-refractivity contribution in [3.63, 3.8) is 0 Å². The topological polar surface area (TPSA) is 37.3 Å². The Labute approximate surface area is 95.3 Å². The predicted octanol–water partition coefficient (Wildman–Crippen LogP) is 2.41. The second kappa shape index (κ2) is 3.42. The quantitative estimate of drug-likeness (QED) is 0.723. The van der Waals surface area contributed by atoms with Crippen LogP contribution in [0.25, 0.3) is 0 Å². The highest BCUT2D eigenvalue weighted by Gasteiger charge is 2.46. The van der Waals surface area contributed by atoms with Gasteiger partial charge in [-0.05, 0) is 30.4 Å². The molecule has 16 heavy (non-hydrogen) atoms.